The number of fused-ring (bicyclic) bond motifs is 2. The van der Waals surface area contributed by atoms with Gasteiger partial charge in [-0.2, -0.15) is 5.26 Å². The number of nitriles is 1. The number of hydrogen-bond acceptors (Lipinski definition) is 8. The lowest BCUT2D eigenvalue weighted by molar-refractivity contribution is 0.0767. The molecule has 1 amide bonds. The van der Waals surface area contributed by atoms with Crippen LogP contribution in [0.2, 0.25) is 0 Å². The molecular formula is C33H33FN6O3S. The summed E-state index contributed by atoms with van der Waals surface area (Å²) in [4.78, 5) is 28.4. The van der Waals surface area contributed by atoms with Crippen LogP contribution in [0.15, 0.2) is 65.8 Å². The highest BCUT2D eigenvalue weighted by Crippen LogP contribution is 2.36. The van der Waals surface area contributed by atoms with Crippen molar-refractivity contribution in [3.8, 4) is 6.07 Å². The van der Waals surface area contributed by atoms with Crippen LogP contribution in [0.1, 0.15) is 28.8 Å². The number of aromatic nitrogens is 2. The molecule has 0 radical (unpaired) electrons. The highest BCUT2D eigenvalue weighted by molar-refractivity contribution is 7.84. The van der Waals surface area contributed by atoms with Gasteiger partial charge in [0.1, 0.15) is 18.2 Å². The van der Waals surface area contributed by atoms with E-state index in [1.807, 2.05) is 48.5 Å². The quantitative estimate of drug-likeness (QED) is 0.277. The SMILES string of the molecule is Cc1c(F)ccc2cccc(N3CCc4c(nc(S(C)=O)nc4N4CCN(C(=O)OCc5ccccc5)[C@@H](CC#N)C4)C3)c12. The molecule has 2 aliphatic rings. The molecule has 0 saturated carbocycles. The summed E-state index contributed by atoms with van der Waals surface area (Å²) in [6, 6.07) is 20.6. The molecule has 9 nitrogen and oxygen atoms in total. The van der Waals surface area contributed by atoms with E-state index in [9.17, 15) is 18.7 Å². The van der Waals surface area contributed by atoms with Gasteiger partial charge >= 0.3 is 6.09 Å². The first-order chi connectivity index (χ1) is 21.3. The van der Waals surface area contributed by atoms with Gasteiger partial charge < -0.3 is 19.4 Å². The van der Waals surface area contributed by atoms with E-state index < -0.39 is 22.9 Å². The topological polar surface area (TPSA) is 103 Å². The predicted molar refractivity (Wildman–Crippen MR) is 167 cm³/mol. The number of benzene rings is 3. The minimum absolute atomic E-state index is 0.140. The van der Waals surface area contributed by atoms with Gasteiger partial charge in [0.15, 0.2) is 0 Å². The Morgan fingerprint density at radius 3 is 2.66 bits per heavy atom. The van der Waals surface area contributed by atoms with Gasteiger partial charge in [-0.3, -0.25) is 4.21 Å². The monoisotopic (exact) mass is 612 g/mol. The Bertz CT molecular complexity index is 1780. The summed E-state index contributed by atoms with van der Waals surface area (Å²) >= 11 is 0. The van der Waals surface area contributed by atoms with Crippen LogP contribution in [0.5, 0.6) is 0 Å². The summed E-state index contributed by atoms with van der Waals surface area (Å²) in [5.74, 6) is 0.450. The first kappa shape index (κ1) is 29.5. The van der Waals surface area contributed by atoms with E-state index >= 15 is 0 Å². The number of amides is 1. The second-order valence-corrected chi connectivity index (χ2v) is 12.4. The van der Waals surface area contributed by atoms with Crippen molar-refractivity contribution in [2.75, 3.05) is 42.2 Å². The molecule has 0 spiro atoms. The maximum absolute atomic E-state index is 14.6. The van der Waals surface area contributed by atoms with Gasteiger partial charge in [-0.25, -0.2) is 19.2 Å². The predicted octanol–water partition coefficient (Wildman–Crippen LogP) is 5.12. The van der Waals surface area contributed by atoms with E-state index in [0.29, 0.717) is 50.5 Å². The number of ether oxygens (including phenoxy) is 1. The second kappa shape index (κ2) is 12.6. The molecule has 4 aromatic rings. The van der Waals surface area contributed by atoms with Gasteiger partial charge in [-0.15, -0.1) is 0 Å². The highest BCUT2D eigenvalue weighted by atomic mass is 32.2. The van der Waals surface area contributed by atoms with Crippen LogP contribution in [0.3, 0.4) is 0 Å². The fourth-order valence-electron chi connectivity index (χ4n) is 6.13. The molecule has 226 valence electrons. The lowest BCUT2D eigenvalue weighted by atomic mass is 9.99. The smallest absolute Gasteiger partial charge is 0.410 e. The lowest BCUT2D eigenvalue weighted by Gasteiger charge is -2.42. The Labute approximate surface area is 258 Å². The van der Waals surface area contributed by atoms with Gasteiger partial charge in [0.2, 0.25) is 5.16 Å². The summed E-state index contributed by atoms with van der Waals surface area (Å²) in [6.07, 6.45) is 1.88. The van der Waals surface area contributed by atoms with Crippen molar-refractivity contribution < 1.29 is 18.1 Å². The van der Waals surface area contributed by atoms with Crippen molar-refractivity contribution in [1.82, 2.24) is 14.9 Å². The molecule has 6 rings (SSSR count). The third-order valence-corrected chi connectivity index (χ3v) is 9.08. The van der Waals surface area contributed by atoms with Gasteiger partial charge in [-0.05, 0) is 42.0 Å². The van der Waals surface area contributed by atoms with Crippen molar-refractivity contribution in [2.24, 2.45) is 0 Å². The zero-order chi connectivity index (χ0) is 30.8. The maximum atomic E-state index is 14.6. The zero-order valence-electron chi connectivity index (χ0n) is 24.7. The van der Waals surface area contributed by atoms with Crippen molar-refractivity contribution in [3.63, 3.8) is 0 Å². The van der Waals surface area contributed by atoms with E-state index in [-0.39, 0.29) is 24.0 Å². The summed E-state index contributed by atoms with van der Waals surface area (Å²) in [6.45, 7) is 4.30. The minimum Gasteiger partial charge on any atom is -0.445 e. The summed E-state index contributed by atoms with van der Waals surface area (Å²) in [7, 11) is -1.43. The summed E-state index contributed by atoms with van der Waals surface area (Å²) in [5.41, 5.74) is 4.17. The van der Waals surface area contributed by atoms with Gasteiger partial charge in [0, 0.05) is 49.1 Å². The average molecular weight is 613 g/mol. The molecule has 3 heterocycles. The Morgan fingerprint density at radius 1 is 1.07 bits per heavy atom. The van der Waals surface area contributed by atoms with Gasteiger partial charge in [-0.1, -0.05) is 48.5 Å². The van der Waals surface area contributed by atoms with Crippen molar-refractivity contribution in [1.29, 1.82) is 5.26 Å². The largest absolute Gasteiger partial charge is 0.445 e. The van der Waals surface area contributed by atoms with Crippen molar-refractivity contribution in [3.05, 3.63) is 88.9 Å². The first-order valence-electron chi connectivity index (χ1n) is 14.6. The van der Waals surface area contributed by atoms with E-state index in [1.165, 1.54) is 6.07 Å². The van der Waals surface area contributed by atoms with Crippen LogP contribution in [-0.4, -0.2) is 63.6 Å². The lowest BCUT2D eigenvalue weighted by Crippen LogP contribution is -2.56. The first-order valence-corrected chi connectivity index (χ1v) is 16.1. The third-order valence-electron chi connectivity index (χ3n) is 8.39. The normalized spacial score (nSPS) is 17.2. The van der Waals surface area contributed by atoms with E-state index in [0.717, 1.165) is 33.3 Å². The van der Waals surface area contributed by atoms with Crippen LogP contribution < -0.4 is 9.80 Å². The third kappa shape index (κ3) is 5.82. The van der Waals surface area contributed by atoms with Crippen LogP contribution >= 0.6 is 0 Å². The molecule has 1 saturated heterocycles. The van der Waals surface area contributed by atoms with E-state index in [1.54, 1.807) is 24.1 Å². The Hall–Kier alpha value is -4.56. The number of piperazine rings is 1. The molecule has 3 aromatic carbocycles. The number of aryl methyl sites for hydroxylation is 1. The van der Waals surface area contributed by atoms with Crippen LogP contribution in [0, 0.1) is 24.1 Å². The number of halogens is 1. The molecule has 2 atom stereocenters. The standard InChI is InChI=1S/C33H33FN6O3S/c1-22-27(34)12-11-24-9-6-10-29(30(22)24)38-16-14-26-28(20-38)36-32(44(2)42)37-31(26)39-17-18-40(25(19-39)13-15-35)33(41)43-21-23-7-4-3-5-8-23/h3-12,25H,13-14,16-21H2,1-2H3/t25-,44?/m0/s1. The molecule has 0 aliphatic carbocycles. The fourth-order valence-corrected chi connectivity index (χ4v) is 6.58. The molecular weight excluding hydrogens is 579 g/mol. The Kier molecular flexibility index (Phi) is 8.44. The van der Waals surface area contributed by atoms with Crippen molar-refractivity contribution >= 4 is 39.2 Å². The number of hydrogen-bond donors (Lipinski definition) is 0. The van der Waals surface area contributed by atoms with Gasteiger partial charge in [0.25, 0.3) is 0 Å². The summed E-state index contributed by atoms with van der Waals surface area (Å²) in [5, 5.41) is 11.7. The van der Waals surface area contributed by atoms with Crippen LogP contribution in [0.4, 0.5) is 20.7 Å². The van der Waals surface area contributed by atoms with E-state index in [2.05, 4.69) is 15.9 Å². The van der Waals surface area contributed by atoms with Crippen LogP contribution in [-0.2, 0) is 35.1 Å². The highest BCUT2D eigenvalue weighted by Gasteiger charge is 2.35. The average Bonchev–Trinajstić information content (AvgIpc) is 3.05. The molecule has 1 fully saturated rings. The summed E-state index contributed by atoms with van der Waals surface area (Å²) < 4.78 is 32.9. The number of anilines is 2. The van der Waals surface area contributed by atoms with E-state index in [4.69, 9.17) is 14.7 Å². The van der Waals surface area contributed by atoms with Crippen LogP contribution in [0.25, 0.3) is 10.8 Å². The number of rotatable bonds is 6. The number of carbonyl (C=O) groups is 1. The Balaban J connectivity index is 1.27. The molecule has 44 heavy (non-hydrogen) atoms. The molecule has 1 unspecified atom stereocenters. The minimum atomic E-state index is -1.43. The second-order valence-electron chi connectivity index (χ2n) is 11.1. The number of carbonyl (C=O) groups excluding carboxylic acids is 1. The molecule has 11 heteroatoms. The zero-order valence-corrected chi connectivity index (χ0v) is 25.5. The molecule has 2 aliphatic heterocycles. The maximum Gasteiger partial charge on any atom is 0.410 e. The Morgan fingerprint density at radius 2 is 1.89 bits per heavy atom. The molecule has 1 aromatic heterocycles. The fraction of sp³-hybridized carbons (Fsp3) is 0.333. The van der Waals surface area contributed by atoms with Gasteiger partial charge in [0.05, 0.1) is 41.6 Å². The van der Waals surface area contributed by atoms with Crippen molar-refractivity contribution in [2.45, 2.75) is 44.1 Å². The molecule has 0 bridgehead atoms. The molecule has 0 N–H and O–H groups in total. The number of nitrogens with zero attached hydrogens (tertiary/aromatic N) is 6.